The summed E-state index contributed by atoms with van der Waals surface area (Å²) in [6, 6.07) is 3.95. The normalized spacial score (nSPS) is 32.0. The molecule has 3 N–H and O–H groups in total. The van der Waals surface area contributed by atoms with Crippen molar-refractivity contribution in [1.29, 1.82) is 5.26 Å². The molecule has 2 aliphatic heterocycles. The van der Waals surface area contributed by atoms with Crippen LogP contribution in [0.3, 0.4) is 0 Å². The van der Waals surface area contributed by atoms with Gasteiger partial charge in [0.2, 0.25) is 0 Å². The SMILES string of the molecule is C[C@@]1(O)CCOC2(CCN(Cc3c[nH]c(C#N)c3)CC2)[C@H]1O. The van der Waals surface area contributed by atoms with Crippen LogP contribution in [-0.4, -0.2) is 57.1 Å². The predicted molar refractivity (Wildman–Crippen MR) is 79.9 cm³/mol. The molecule has 2 saturated heterocycles. The van der Waals surface area contributed by atoms with Gasteiger partial charge in [-0.25, -0.2) is 0 Å². The molecule has 3 rings (SSSR count). The second-order valence-electron chi connectivity index (χ2n) is 6.73. The highest BCUT2D eigenvalue weighted by atomic mass is 16.5. The number of hydrogen-bond acceptors (Lipinski definition) is 5. The Hall–Kier alpha value is -1.39. The van der Waals surface area contributed by atoms with E-state index < -0.39 is 17.3 Å². The first-order chi connectivity index (χ1) is 10.5. The van der Waals surface area contributed by atoms with Crippen molar-refractivity contribution in [3.8, 4) is 6.07 Å². The molecule has 0 saturated carbocycles. The van der Waals surface area contributed by atoms with Gasteiger partial charge in [-0.2, -0.15) is 5.26 Å². The minimum atomic E-state index is -1.07. The van der Waals surface area contributed by atoms with E-state index in [0.29, 0.717) is 31.6 Å². The summed E-state index contributed by atoms with van der Waals surface area (Å²) in [4.78, 5) is 5.22. The topological polar surface area (TPSA) is 92.5 Å². The summed E-state index contributed by atoms with van der Waals surface area (Å²) >= 11 is 0. The molecule has 3 heterocycles. The van der Waals surface area contributed by atoms with Gasteiger partial charge < -0.3 is 19.9 Å². The summed E-state index contributed by atoms with van der Waals surface area (Å²) in [7, 11) is 0. The summed E-state index contributed by atoms with van der Waals surface area (Å²) < 4.78 is 5.89. The van der Waals surface area contributed by atoms with Crippen LogP contribution >= 0.6 is 0 Å². The molecular weight excluding hydrogens is 282 g/mol. The van der Waals surface area contributed by atoms with Gasteiger partial charge in [0.1, 0.15) is 17.9 Å². The molecule has 0 amide bonds. The number of rotatable bonds is 2. The highest BCUT2D eigenvalue weighted by molar-refractivity contribution is 5.26. The third-order valence-electron chi connectivity index (χ3n) is 5.06. The van der Waals surface area contributed by atoms with Crippen molar-refractivity contribution in [2.24, 2.45) is 0 Å². The van der Waals surface area contributed by atoms with Crippen molar-refractivity contribution < 1.29 is 14.9 Å². The van der Waals surface area contributed by atoms with Gasteiger partial charge in [0.15, 0.2) is 0 Å². The number of aliphatic hydroxyl groups is 2. The molecule has 0 aromatic carbocycles. The van der Waals surface area contributed by atoms with E-state index in [2.05, 4.69) is 16.0 Å². The monoisotopic (exact) mass is 305 g/mol. The van der Waals surface area contributed by atoms with E-state index in [1.54, 1.807) is 6.92 Å². The zero-order valence-corrected chi connectivity index (χ0v) is 12.9. The maximum atomic E-state index is 10.5. The lowest BCUT2D eigenvalue weighted by Crippen LogP contribution is -2.64. The number of aromatic nitrogens is 1. The lowest BCUT2D eigenvalue weighted by atomic mass is 9.75. The minimum absolute atomic E-state index is 0.472. The molecule has 1 aromatic rings. The van der Waals surface area contributed by atoms with Crippen molar-refractivity contribution in [3.63, 3.8) is 0 Å². The Morgan fingerprint density at radius 2 is 2.18 bits per heavy atom. The van der Waals surface area contributed by atoms with Crippen molar-refractivity contribution in [1.82, 2.24) is 9.88 Å². The number of aromatic amines is 1. The third kappa shape index (κ3) is 2.77. The van der Waals surface area contributed by atoms with E-state index >= 15 is 0 Å². The Kier molecular flexibility index (Phi) is 4.00. The molecule has 6 nitrogen and oxygen atoms in total. The Balaban J connectivity index is 1.61. The second-order valence-corrected chi connectivity index (χ2v) is 6.73. The maximum absolute atomic E-state index is 10.5. The van der Waals surface area contributed by atoms with Crippen LogP contribution in [0.25, 0.3) is 0 Å². The Morgan fingerprint density at radius 1 is 1.45 bits per heavy atom. The summed E-state index contributed by atoms with van der Waals surface area (Å²) in [5.74, 6) is 0. The van der Waals surface area contributed by atoms with E-state index in [9.17, 15) is 10.2 Å². The molecule has 1 aromatic heterocycles. The van der Waals surface area contributed by atoms with E-state index in [1.807, 2.05) is 12.3 Å². The second kappa shape index (κ2) is 5.67. The number of aliphatic hydroxyl groups excluding tert-OH is 1. The van der Waals surface area contributed by atoms with Crippen molar-refractivity contribution in [2.45, 2.75) is 50.0 Å². The Bertz CT molecular complexity index is 567. The van der Waals surface area contributed by atoms with Gasteiger partial charge in [0.25, 0.3) is 0 Å². The standard InChI is InChI=1S/C16H23N3O3/c1-15(21)4-7-22-16(14(15)20)2-5-19(6-3-16)11-12-8-13(9-17)18-10-12/h8,10,14,18,20-21H,2-7,11H2,1H3/t14-,15+/m0/s1. The van der Waals surface area contributed by atoms with Crippen LogP contribution in [0.4, 0.5) is 0 Å². The lowest BCUT2D eigenvalue weighted by Gasteiger charge is -2.51. The average molecular weight is 305 g/mol. The largest absolute Gasteiger partial charge is 0.387 e. The molecular formula is C16H23N3O3. The Morgan fingerprint density at radius 3 is 2.82 bits per heavy atom. The quantitative estimate of drug-likeness (QED) is 0.750. The van der Waals surface area contributed by atoms with Gasteiger partial charge in [0, 0.05) is 32.3 Å². The molecule has 22 heavy (non-hydrogen) atoms. The number of nitriles is 1. The number of piperidine rings is 1. The number of ether oxygens (including phenoxy) is 1. The zero-order valence-electron chi connectivity index (χ0n) is 12.9. The minimum Gasteiger partial charge on any atom is -0.387 e. The van der Waals surface area contributed by atoms with Crippen LogP contribution in [0.2, 0.25) is 0 Å². The molecule has 2 aliphatic rings. The van der Waals surface area contributed by atoms with E-state index in [0.717, 1.165) is 25.2 Å². The molecule has 2 fully saturated rings. The highest BCUT2D eigenvalue weighted by Gasteiger charge is 2.52. The van der Waals surface area contributed by atoms with Crippen LogP contribution in [0, 0.1) is 11.3 Å². The van der Waals surface area contributed by atoms with E-state index in [1.165, 1.54) is 0 Å². The van der Waals surface area contributed by atoms with Gasteiger partial charge in [-0.1, -0.05) is 0 Å². The summed E-state index contributed by atoms with van der Waals surface area (Å²) in [6.45, 7) is 4.58. The summed E-state index contributed by atoms with van der Waals surface area (Å²) in [5, 5.41) is 29.6. The molecule has 6 heteroatoms. The van der Waals surface area contributed by atoms with Crippen molar-refractivity contribution >= 4 is 0 Å². The van der Waals surface area contributed by atoms with E-state index in [4.69, 9.17) is 10.00 Å². The van der Waals surface area contributed by atoms with Gasteiger partial charge in [0.05, 0.1) is 17.8 Å². The fourth-order valence-corrected chi connectivity index (χ4v) is 3.60. The first-order valence-corrected chi connectivity index (χ1v) is 7.79. The highest BCUT2D eigenvalue weighted by Crippen LogP contribution is 2.39. The van der Waals surface area contributed by atoms with Crippen LogP contribution in [0.15, 0.2) is 12.3 Å². The fraction of sp³-hybridized carbons (Fsp3) is 0.688. The number of H-pyrrole nitrogens is 1. The molecule has 0 unspecified atom stereocenters. The van der Waals surface area contributed by atoms with Crippen LogP contribution < -0.4 is 0 Å². The fourth-order valence-electron chi connectivity index (χ4n) is 3.60. The third-order valence-corrected chi connectivity index (χ3v) is 5.06. The first-order valence-electron chi connectivity index (χ1n) is 7.79. The van der Waals surface area contributed by atoms with E-state index in [-0.39, 0.29) is 0 Å². The molecule has 1 spiro atoms. The number of likely N-dealkylation sites (tertiary alicyclic amines) is 1. The maximum Gasteiger partial charge on any atom is 0.117 e. The lowest BCUT2D eigenvalue weighted by molar-refractivity contribution is -0.246. The number of hydrogen-bond donors (Lipinski definition) is 3. The Labute approximate surface area is 130 Å². The van der Waals surface area contributed by atoms with Gasteiger partial charge in [-0.05, 0) is 31.4 Å². The van der Waals surface area contributed by atoms with Gasteiger partial charge in [-0.15, -0.1) is 0 Å². The van der Waals surface area contributed by atoms with Crippen LogP contribution in [-0.2, 0) is 11.3 Å². The van der Waals surface area contributed by atoms with Gasteiger partial charge in [-0.3, -0.25) is 4.90 Å². The molecule has 0 aliphatic carbocycles. The summed E-state index contributed by atoms with van der Waals surface area (Å²) in [5.41, 5.74) is -0.0214. The smallest absolute Gasteiger partial charge is 0.117 e. The van der Waals surface area contributed by atoms with Gasteiger partial charge >= 0.3 is 0 Å². The van der Waals surface area contributed by atoms with Crippen molar-refractivity contribution in [2.75, 3.05) is 19.7 Å². The predicted octanol–water partition coefficient (Wildman–Crippen LogP) is 0.753. The summed E-state index contributed by atoms with van der Waals surface area (Å²) in [6.07, 6.45) is 2.91. The van der Waals surface area contributed by atoms with Crippen LogP contribution in [0.1, 0.15) is 37.4 Å². The first kappa shape index (κ1) is 15.5. The van der Waals surface area contributed by atoms with Crippen LogP contribution in [0.5, 0.6) is 0 Å². The van der Waals surface area contributed by atoms with Crippen molar-refractivity contribution in [3.05, 3.63) is 23.5 Å². The number of nitrogens with zero attached hydrogens (tertiary/aromatic N) is 2. The molecule has 2 atom stereocenters. The molecule has 0 bridgehead atoms. The molecule has 120 valence electrons. The average Bonchev–Trinajstić information content (AvgIpc) is 2.95. The molecule has 0 radical (unpaired) electrons. The number of nitrogens with one attached hydrogen (secondary N) is 1. The zero-order chi connectivity index (χ0) is 15.8.